The summed E-state index contributed by atoms with van der Waals surface area (Å²) in [5.41, 5.74) is -0.638. The van der Waals surface area contributed by atoms with Gasteiger partial charge in [-0.1, -0.05) is 0 Å². The minimum atomic E-state index is -4.52. The molecule has 3 aromatic rings. The molecule has 1 unspecified atom stereocenters. The summed E-state index contributed by atoms with van der Waals surface area (Å²) < 4.78 is 51.0. The molecule has 28 heavy (non-hydrogen) atoms. The zero-order valence-corrected chi connectivity index (χ0v) is 14.6. The molecule has 1 atom stereocenters. The molecule has 1 N–H and O–H groups in total. The van der Waals surface area contributed by atoms with Gasteiger partial charge in [0, 0.05) is 29.8 Å². The second kappa shape index (κ2) is 7.23. The molecule has 1 saturated heterocycles. The summed E-state index contributed by atoms with van der Waals surface area (Å²) in [5.74, 6) is -0.000568. The van der Waals surface area contributed by atoms with Crippen molar-refractivity contribution in [1.82, 2.24) is 15.2 Å². The number of nitrogens with one attached hydrogen (secondary N) is 1. The average molecular weight is 391 g/mol. The molecular weight excluding hydrogens is 375 g/mol. The zero-order chi connectivity index (χ0) is 19.7. The number of alkyl halides is 3. The molecule has 3 heterocycles. The first-order chi connectivity index (χ1) is 13.4. The topological polar surface area (TPSA) is 77.1 Å². The van der Waals surface area contributed by atoms with Crippen molar-refractivity contribution in [2.24, 2.45) is 0 Å². The Labute approximate surface area is 157 Å². The van der Waals surface area contributed by atoms with Crippen LogP contribution < -0.4 is 10.3 Å². The van der Waals surface area contributed by atoms with E-state index in [1.807, 2.05) is 0 Å². The molecule has 1 aromatic carbocycles. The van der Waals surface area contributed by atoms with E-state index >= 15 is 0 Å². The molecule has 2 aromatic heterocycles. The molecule has 0 radical (unpaired) electrons. The highest BCUT2D eigenvalue weighted by Crippen LogP contribution is 2.39. The summed E-state index contributed by atoms with van der Waals surface area (Å²) in [4.78, 5) is 15.9. The smallest absolute Gasteiger partial charge is 0.416 e. The van der Waals surface area contributed by atoms with Gasteiger partial charge in [-0.3, -0.25) is 9.78 Å². The van der Waals surface area contributed by atoms with Crippen LogP contribution in [0.3, 0.4) is 0 Å². The van der Waals surface area contributed by atoms with Crippen LogP contribution in [-0.4, -0.2) is 28.1 Å². The van der Waals surface area contributed by atoms with E-state index in [1.54, 1.807) is 6.07 Å². The molecule has 1 aliphatic rings. The summed E-state index contributed by atoms with van der Waals surface area (Å²) in [6, 6.07) is 4.78. The van der Waals surface area contributed by atoms with E-state index in [0.717, 1.165) is 25.0 Å². The highest BCUT2D eigenvalue weighted by Gasteiger charge is 2.32. The van der Waals surface area contributed by atoms with Crippen molar-refractivity contribution in [3.63, 3.8) is 0 Å². The molecule has 9 heteroatoms. The Morgan fingerprint density at radius 2 is 2.04 bits per heavy atom. The van der Waals surface area contributed by atoms with Crippen LogP contribution >= 0.6 is 0 Å². The molecule has 4 rings (SSSR count). The van der Waals surface area contributed by atoms with Crippen LogP contribution in [0.25, 0.3) is 22.0 Å². The first-order valence-electron chi connectivity index (χ1n) is 8.76. The Morgan fingerprint density at radius 3 is 2.79 bits per heavy atom. The van der Waals surface area contributed by atoms with E-state index < -0.39 is 23.6 Å². The first-order valence-corrected chi connectivity index (χ1v) is 8.76. The second-order valence-corrected chi connectivity index (χ2v) is 6.45. The molecule has 146 valence electrons. The van der Waals surface area contributed by atoms with Crippen molar-refractivity contribution >= 4 is 10.8 Å². The van der Waals surface area contributed by atoms with Crippen molar-refractivity contribution in [2.75, 3.05) is 6.61 Å². The molecule has 1 aliphatic heterocycles. The number of aromatic nitrogens is 3. The molecule has 0 spiro atoms. The van der Waals surface area contributed by atoms with Gasteiger partial charge in [0.2, 0.25) is 0 Å². The van der Waals surface area contributed by atoms with Gasteiger partial charge in [0.1, 0.15) is 11.4 Å². The van der Waals surface area contributed by atoms with Crippen LogP contribution in [0.5, 0.6) is 5.75 Å². The van der Waals surface area contributed by atoms with Crippen molar-refractivity contribution in [2.45, 2.75) is 31.7 Å². The third-order valence-electron chi connectivity index (χ3n) is 4.55. The minimum absolute atomic E-state index is 0.000568. The number of rotatable bonds is 3. The number of fused-ring (bicyclic) bond motifs is 1. The maximum atomic E-state index is 13.2. The summed E-state index contributed by atoms with van der Waals surface area (Å²) >= 11 is 0. The van der Waals surface area contributed by atoms with Crippen LogP contribution in [0.2, 0.25) is 0 Å². The first kappa shape index (κ1) is 18.4. The van der Waals surface area contributed by atoms with Crippen LogP contribution in [0.1, 0.15) is 24.8 Å². The Bertz CT molecular complexity index is 1060. The largest absolute Gasteiger partial charge is 0.464 e. The van der Waals surface area contributed by atoms with Crippen LogP contribution in [0.4, 0.5) is 13.2 Å². The highest BCUT2D eigenvalue weighted by atomic mass is 19.4. The third-order valence-corrected chi connectivity index (χ3v) is 4.55. The summed E-state index contributed by atoms with van der Waals surface area (Å²) in [7, 11) is 0. The third kappa shape index (κ3) is 3.57. The average Bonchev–Trinajstić information content (AvgIpc) is 2.69. The molecular formula is C19H16F3N3O3. The van der Waals surface area contributed by atoms with E-state index in [1.165, 1.54) is 18.5 Å². The Kier molecular flexibility index (Phi) is 4.76. The summed E-state index contributed by atoms with van der Waals surface area (Å²) in [6.45, 7) is 0.491. The Morgan fingerprint density at radius 1 is 1.18 bits per heavy atom. The molecule has 0 aliphatic carbocycles. The number of nitrogens with zero attached hydrogens (tertiary/aromatic N) is 2. The predicted molar refractivity (Wildman–Crippen MR) is 94.8 cm³/mol. The fourth-order valence-corrected chi connectivity index (χ4v) is 3.15. The maximum absolute atomic E-state index is 13.2. The van der Waals surface area contributed by atoms with Gasteiger partial charge < -0.3 is 9.47 Å². The maximum Gasteiger partial charge on any atom is 0.416 e. The fourth-order valence-electron chi connectivity index (χ4n) is 3.15. The lowest BCUT2D eigenvalue weighted by Gasteiger charge is -2.25. The standard InChI is InChI=1S/C19H16F3N3O3/c20-19(21,22)11-4-5-13(15(9-11)28-16-3-1-2-8-27-16)17-12-6-7-23-10-14(12)18(26)25-24-17/h4-7,9-10,16H,1-3,8H2,(H,25,26). The Hall–Kier alpha value is -2.94. The summed E-state index contributed by atoms with van der Waals surface area (Å²) in [5, 5.41) is 7.17. The van der Waals surface area contributed by atoms with Gasteiger partial charge in [-0.25, -0.2) is 5.10 Å². The number of aromatic amines is 1. The van der Waals surface area contributed by atoms with E-state index in [-0.39, 0.29) is 11.1 Å². The van der Waals surface area contributed by atoms with E-state index in [2.05, 4.69) is 15.2 Å². The lowest BCUT2D eigenvalue weighted by molar-refractivity contribution is -0.138. The molecule has 0 saturated carbocycles. The van der Waals surface area contributed by atoms with Crippen molar-refractivity contribution in [3.8, 4) is 17.0 Å². The molecule has 0 bridgehead atoms. The fraction of sp³-hybridized carbons (Fsp3) is 0.316. The summed E-state index contributed by atoms with van der Waals surface area (Å²) in [6.07, 6.45) is 0.0506. The van der Waals surface area contributed by atoms with Gasteiger partial charge >= 0.3 is 6.18 Å². The highest BCUT2D eigenvalue weighted by molar-refractivity contribution is 5.94. The zero-order valence-electron chi connectivity index (χ0n) is 14.6. The lowest BCUT2D eigenvalue weighted by atomic mass is 10.0. The molecule has 1 fully saturated rings. The van der Waals surface area contributed by atoms with E-state index in [4.69, 9.17) is 9.47 Å². The number of halogens is 3. The van der Waals surface area contributed by atoms with Gasteiger partial charge in [0.05, 0.1) is 17.6 Å². The van der Waals surface area contributed by atoms with Crippen LogP contribution in [-0.2, 0) is 10.9 Å². The van der Waals surface area contributed by atoms with Gasteiger partial charge in [-0.15, -0.1) is 0 Å². The van der Waals surface area contributed by atoms with Crippen LogP contribution in [0, 0.1) is 0 Å². The van der Waals surface area contributed by atoms with Gasteiger partial charge in [0.15, 0.2) is 6.29 Å². The van der Waals surface area contributed by atoms with Crippen molar-refractivity contribution in [1.29, 1.82) is 0 Å². The van der Waals surface area contributed by atoms with Gasteiger partial charge in [0.25, 0.3) is 5.56 Å². The normalized spacial score (nSPS) is 17.6. The quantitative estimate of drug-likeness (QED) is 0.733. The number of benzene rings is 1. The van der Waals surface area contributed by atoms with Crippen molar-refractivity contribution < 1.29 is 22.6 Å². The predicted octanol–water partition coefficient (Wildman–Crippen LogP) is 3.91. The molecule has 0 amide bonds. The van der Waals surface area contributed by atoms with Crippen LogP contribution in [0.15, 0.2) is 41.5 Å². The number of ether oxygens (including phenoxy) is 2. The Balaban J connectivity index is 1.86. The number of hydrogen-bond donors (Lipinski definition) is 1. The van der Waals surface area contributed by atoms with E-state index in [9.17, 15) is 18.0 Å². The second-order valence-electron chi connectivity index (χ2n) is 6.45. The van der Waals surface area contributed by atoms with Gasteiger partial charge in [-0.2, -0.15) is 18.3 Å². The number of H-pyrrole nitrogens is 1. The number of hydrogen-bond acceptors (Lipinski definition) is 5. The van der Waals surface area contributed by atoms with Crippen molar-refractivity contribution in [3.05, 3.63) is 52.6 Å². The minimum Gasteiger partial charge on any atom is -0.464 e. The van der Waals surface area contributed by atoms with Gasteiger partial charge in [-0.05, 0) is 37.1 Å². The number of pyridine rings is 1. The molecule has 6 nitrogen and oxygen atoms in total. The monoisotopic (exact) mass is 391 g/mol. The van der Waals surface area contributed by atoms with E-state index in [0.29, 0.717) is 29.7 Å². The SMILES string of the molecule is O=c1[nH]nc(-c2ccc(C(F)(F)F)cc2OC2CCCCO2)c2ccncc12. The lowest BCUT2D eigenvalue weighted by Crippen LogP contribution is -2.25.